The predicted molar refractivity (Wildman–Crippen MR) is 89.3 cm³/mol. The smallest absolute Gasteiger partial charge is 0.408 e. The molecule has 2 unspecified atom stereocenters. The minimum atomic E-state index is -0.704. The van der Waals surface area contributed by atoms with Crippen LogP contribution in [-0.4, -0.2) is 53.7 Å². The maximum Gasteiger partial charge on any atom is 0.408 e. The minimum absolute atomic E-state index is 0.108. The third-order valence-corrected chi connectivity index (χ3v) is 3.31. The van der Waals surface area contributed by atoms with Gasteiger partial charge in [0.2, 0.25) is 5.91 Å². The summed E-state index contributed by atoms with van der Waals surface area (Å²) >= 11 is 0. The highest BCUT2D eigenvalue weighted by Crippen LogP contribution is 2.13. The average molecular weight is 340 g/mol. The van der Waals surface area contributed by atoms with Crippen LogP contribution in [0.3, 0.4) is 0 Å². The molecule has 7 heteroatoms. The fourth-order valence-electron chi connectivity index (χ4n) is 2.31. The van der Waals surface area contributed by atoms with Crippen LogP contribution in [0.25, 0.3) is 0 Å². The van der Waals surface area contributed by atoms with E-state index in [9.17, 15) is 14.4 Å². The fourth-order valence-corrected chi connectivity index (χ4v) is 2.31. The van der Waals surface area contributed by atoms with E-state index in [1.54, 1.807) is 37.8 Å². The number of nitrogens with one attached hydrogen (secondary N) is 1. The molecule has 136 valence electrons. The lowest BCUT2D eigenvalue weighted by molar-refractivity contribution is -0.148. The molecule has 1 rings (SSSR count). The molecule has 0 aromatic carbocycles. The Hall–Kier alpha value is -2.05. The van der Waals surface area contributed by atoms with Crippen molar-refractivity contribution in [3.8, 4) is 0 Å². The summed E-state index contributed by atoms with van der Waals surface area (Å²) in [5.74, 6) is -0.730. The Kier molecular flexibility index (Phi) is 6.81. The van der Waals surface area contributed by atoms with E-state index < -0.39 is 29.8 Å². The number of esters is 1. The third-order valence-electron chi connectivity index (χ3n) is 3.31. The van der Waals surface area contributed by atoms with Crippen LogP contribution in [0.5, 0.6) is 0 Å². The summed E-state index contributed by atoms with van der Waals surface area (Å²) in [6, 6.07) is -0.704. The average Bonchev–Trinajstić information content (AvgIpc) is 2.41. The van der Waals surface area contributed by atoms with Crippen LogP contribution in [0.4, 0.5) is 4.79 Å². The first kappa shape index (κ1) is 20.0. The molecule has 2 atom stereocenters. The molecule has 24 heavy (non-hydrogen) atoms. The zero-order chi connectivity index (χ0) is 18.5. The fraction of sp³-hybridized carbons (Fsp3) is 0.706. The van der Waals surface area contributed by atoms with Crippen LogP contribution in [0.2, 0.25) is 0 Å². The van der Waals surface area contributed by atoms with Crippen molar-refractivity contribution in [1.82, 2.24) is 10.2 Å². The summed E-state index contributed by atoms with van der Waals surface area (Å²) in [5.41, 5.74) is -0.636. The van der Waals surface area contributed by atoms with Crippen molar-refractivity contribution in [3.63, 3.8) is 0 Å². The molecule has 7 nitrogen and oxygen atoms in total. The quantitative estimate of drug-likeness (QED) is 0.624. The highest BCUT2D eigenvalue weighted by atomic mass is 16.6. The molecule has 1 heterocycles. The van der Waals surface area contributed by atoms with Gasteiger partial charge in [-0.25, -0.2) is 4.79 Å². The molecule has 1 aliphatic rings. The Bertz CT molecular complexity index is 508. The van der Waals surface area contributed by atoms with E-state index in [2.05, 4.69) is 5.32 Å². The number of alkyl carbamates (subject to hydrolysis) is 1. The number of amides is 2. The number of ether oxygens (including phenoxy) is 2. The second-order valence-electron chi connectivity index (χ2n) is 7.19. The van der Waals surface area contributed by atoms with E-state index in [4.69, 9.17) is 9.47 Å². The Morgan fingerprint density at radius 1 is 1.25 bits per heavy atom. The molecular weight excluding hydrogens is 312 g/mol. The summed E-state index contributed by atoms with van der Waals surface area (Å²) in [6.45, 7) is 11.0. The zero-order valence-corrected chi connectivity index (χ0v) is 15.3. The Balaban J connectivity index is 2.74. The van der Waals surface area contributed by atoms with Gasteiger partial charge in [0.05, 0.1) is 6.54 Å². The van der Waals surface area contributed by atoms with Crippen molar-refractivity contribution < 1.29 is 23.9 Å². The molecule has 0 aliphatic carbocycles. The number of hydrogen-bond acceptors (Lipinski definition) is 5. The highest BCUT2D eigenvalue weighted by molar-refractivity contribution is 5.86. The Labute approximate surface area is 143 Å². The van der Waals surface area contributed by atoms with Gasteiger partial charge in [0.15, 0.2) is 0 Å². The summed E-state index contributed by atoms with van der Waals surface area (Å²) in [5, 5.41) is 2.64. The van der Waals surface area contributed by atoms with Crippen LogP contribution in [0.1, 0.15) is 41.5 Å². The van der Waals surface area contributed by atoms with Gasteiger partial charge in [-0.15, -0.1) is 0 Å². The van der Waals surface area contributed by atoms with Crippen molar-refractivity contribution in [2.75, 3.05) is 13.1 Å². The van der Waals surface area contributed by atoms with Gasteiger partial charge >= 0.3 is 12.1 Å². The Morgan fingerprint density at radius 3 is 2.38 bits per heavy atom. The van der Waals surface area contributed by atoms with Gasteiger partial charge < -0.3 is 19.7 Å². The van der Waals surface area contributed by atoms with Gasteiger partial charge in [0, 0.05) is 13.5 Å². The maximum absolute atomic E-state index is 12.8. The maximum atomic E-state index is 12.8. The predicted octanol–water partition coefficient (Wildman–Crippen LogP) is 1.87. The molecule has 0 spiro atoms. The lowest BCUT2D eigenvalue weighted by atomic mass is 10.0. The summed E-state index contributed by atoms with van der Waals surface area (Å²) in [4.78, 5) is 37.4. The minimum Gasteiger partial charge on any atom is -0.456 e. The van der Waals surface area contributed by atoms with Crippen LogP contribution >= 0.6 is 0 Å². The van der Waals surface area contributed by atoms with Crippen molar-refractivity contribution in [3.05, 3.63) is 12.2 Å². The molecule has 0 fully saturated rings. The largest absolute Gasteiger partial charge is 0.456 e. The highest BCUT2D eigenvalue weighted by Gasteiger charge is 2.32. The van der Waals surface area contributed by atoms with E-state index in [0.717, 1.165) is 0 Å². The van der Waals surface area contributed by atoms with Crippen LogP contribution in [0, 0.1) is 5.92 Å². The second kappa shape index (κ2) is 8.17. The molecule has 0 aromatic rings. The summed E-state index contributed by atoms with van der Waals surface area (Å²) in [6.07, 6.45) is 2.45. The molecule has 2 amide bonds. The van der Waals surface area contributed by atoms with Gasteiger partial charge in [-0.05, 0) is 32.8 Å². The number of rotatable bonds is 4. The van der Waals surface area contributed by atoms with Crippen molar-refractivity contribution >= 4 is 18.0 Å². The third kappa shape index (κ3) is 6.60. The van der Waals surface area contributed by atoms with Gasteiger partial charge in [0.1, 0.15) is 17.7 Å². The summed E-state index contributed by atoms with van der Waals surface area (Å²) in [7, 11) is 0. The standard InChI is InChI=1S/C17H28N2O5/c1-11(2)14(18-16(22)24-17(4,5)6)15(21)19-9-7-8-13(10-19)23-12(3)20/h7-8,11,13-14H,9-10H2,1-6H3,(H,18,22). The van der Waals surface area contributed by atoms with Gasteiger partial charge in [0.25, 0.3) is 0 Å². The van der Waals surface area contributed by atoms with E-state index >= 15 is 0 Å². The normalized spacial score (nSPS) is 19.0. The molecule has 0 radical (unpaired) electrons. The molecule has 0 bridgehead atoms. The number of carbonyl (C=O) groups excluding carboxylic acids is 3. The first-order valence-electron chi connectivity index (χ1n) is 8.12. The SMILES string of the molecule is CC(=O)OC1C=CCN(C(=O)C(NC(=O)OC(C)(C)C)C(C)C)C1. The molecule has 1 N–H and O–H groups in total. The van der Waals surface area contributed by atoms with Crippen LogP contribution < -0.4 is 5.32 Å². The monoisotopic (exact) mass is 340 g/mol. The number of hydrogen-bond donors (Lipinski definition) is 1. The molecule has 0 aromatic heterocycles. The second-order valence-corrected chi connectivity index (χ2v) is 7.19. The van der Waals surface area contributed by atoms with Crippen molar-refractivity contribution in [1.29, 1.82) is 0 Å². The molecular formula is C17H28N2O5. The zero-order valence-electron chi connectivity index (χ0n) is 15.3. The number of nitrogens with zero attached hydrogens (tertiary/aromatic N) is 1. The van der Waals surface area contributed by atoms with Crippen LogP contribution in [-0.2, 0) is 19.1 Å². The lowest BCUT2D eigenvalue weighted by Gasteiger charge is -2.33. The van der Waals surface area contributed by atoms with Crippen molar-refractivity contribution in [2.45, 2.75) is 59.3 Å². The van der Waals surface area contributed by atoms with Gasteiger partial charge in [-0.3, -0.25) is 9.59 Å². The lowest BCUT2D eigenvalue weighted by Crippen LogP contribution is -2.54. The number of carbonyl (C=O) groups is 3. The molecule has 0 saturated heterocycles. The van der Waals surface area contributed by atoms with E-state index in [0.29, 0.717) is 6.54 Å². The van der Waals surface area contributed by atoms with Crippen molar-refractivity contribution in [2.24, 2.45) is 5.92 Å². The van der Waals surface area contributed by atoms with E-state index in [1.807, 2.05) is 13.8 Å². The van der Waals surface area contributed by atoms with Crippen LogP contribution in [0.15, 0.2) is 12.2 Å². The van der Waals surface area contributed by atoms with E-state index in [1.165, 1.54) is 6.92 Å². The first-order chi connectivity index (χ1) is 11.0. The first-order valence-corrected chi connectivity index (χ1v) is 8.12. The summed E-state index contributed by atoms with van der Waals surface area (Å²) < 4.78 is 10.4. The van der Waals surface area contributed by atoms with Gasteiger partial charge in [-0.1, -0.05) is 19.9 Å². The molecule has 1 aliphatic heterocycles. The van der Waals surface area contributed by atoms with Gasteiger partial charge in [-0.2, -0.15) is 0 Å². The topological polar surface area (TPSA) is 84.9 Å². The molecule has 0 saturated carbocycles. The van der Waals surface area contributed by atoms with E-state index in [-0.39, 0.29) is 18.4 Å². The Morgan fingerprint density at radius 2 is 1.88 bits per heavy atom.